The second-order valence-corrected chi connectivity index (χ2v) is 11.1. The van der Waals surface area contributed by atoms with Gasteiger partial charge in [0.25, 0.3) is 0 Å². The first-order chi connectivity index (χ1) is 15.8. The van der Waals surface area contributed by atoms with E-state index in [1.54, 1.807) is 12.2 Å². The predicted molar refractivity (Wildman–Crippen MR) is 120 cm³/mol. The molecule has 0 radical (unpaired) electrons. The standard InChI is InChI=1S/C26H34O8/c1-14-10-16-17-7-9-26(33,20(29)13-34-22(32)5-4-21(30)31)25(17,3)12-19(28)23(16)24(2)8-6-15(27)11-18(14)24/h6,8,11,14,16-17,19,23,28,33H,4-5,7,9-10,12-13H2,1-3H3,(H,30,31)/t14-,16+,17+,19-,23-,24-,25+,26+/m0/s1. The van der Waals surface area contributed by atoms with Crippen LogP contribution in [0.15, 0.2) is 23.8 Å². The van der Waals surface area contributed by atoms with Gasteiger partial charge in [-0.2, -0.15) is 0 Å². The number of Topliss-reactive ketones (excluding diaryl/α,β-unsaturated/α-hetero) is 1. The summed E-state index contributed by atoms with van der Waals surface area (Å²) in [7, 11) is 0. The third-order valence-electron chi connectivity index (χ3n) is 9.34. The number of ether oxygens (including phenoxy) is 1. The summed E-state index contributed by atoms with van der Waals surface area (Å²) in [6.07, 6.45) is 5.52. The molecule has 0 bridgehead atoms. The van der Waals surface area contributed by atoms with E-state index in [0.717, 1.165) is 12.0 Å². The highest BCUT2D eigenvalue weighted by Gasteiger charge is 2.68. The summed E-state index contributed by atoms with van der Waals surface area (Å²) in [5.41, 5.74) is -2.04. The maximum absolute atomic E-state index is 13.1. The minimum atomic E-state index is -1.74. The van der Waals surface area contributed by atoms with Crippen LogP contribution in [0.3, 0.4) is 0 Å². The molecule has 0 aromatic rings. The summed E-state index contributed by atoms with van der Waals surface area (Å²) in [5, 5.41) is 31.7. The van der Waals surface area contributed by atoms with Crippen molar-refractivity contribution in [2.75, 3.05) is 6.61 Å². The molecule has 4 rings (SSSR count). The van der Waals surface area contributed by atoms with Gasteiger partial charge < -0.3 is 20.1 Å². The molecule has 8 heteroatoms. The third kappa shape index (κ3) is 3.66. The van der Waals surface area contributed by atoms with Gasteiger partial charge >= 0.3 is 11.9 Å². The van der Waals surface area contributed by atoms with Crippen LogP contribution in [-0.2, 0) is 23.9 Å². The zero-order valence-electron chi connectivity index (χ0n) is 20.0. The Labute approximate surface area is 199 Å². The molecule has 4 aliphatic rings. The van der Waals surface area contributed by atoms with Crippen LogP contribution in [0.4, 0.5) is 0 Å². The summed E-state index contributed by atoms with van der Waals surface area (Å²) in [5.74, 6) is -2.51. The average Bonchev–Trinajstić information content (AvgIpc) is 3.03. The van der Waals surface area contributed by atoms with Crippen LogP contribution in [0.1, 0.15) is 59.3 Å². The Kier molecular flexibility index (Phi) is 6.13. The maximum Gasteiger partial charge on any atom is 0.306 e. The highest BCUT2D eigenvalue weighted by atomic mass is 16.5. The topological polar surface area (TPSA) is 138 Å². The Bertz CT molecular complexity index is 981. The van der Waals surface area contributed by atoms with Crippen LogP contribution in [0, 0.1) is 34.5 Å². The molecular formula is C26H34O8. The van der Waals surface area contributed by atoms with Crippen LogP contribution in [-0.4, -0.2) is 57.1 Å². The largest absolute Gasteiger partial charge is 0.481 e. The van der Waals surface area contributed by atoms with Crippen molar-refractivity contribution >= 4 is 23.5 Å². The number of aliphatic hydroxyl groups excluding tert-OH is 1. The van der Waals surface area contributed by atoms with E-state index in [2.05, 4.69) is 13.8 Å². The molecule has 0 amide bonds. The van der Waals surface area contributed by atoms with Gasteiger partial charge in [0.15, 0.2) is 12.4 Å². The van der Waals surface area contributed by atoms with Gasteiger partial charge in [0.1, 0.15) is 5.60 Å². The van der Waals surface area contributed by atoms with E-state index in [9.17, 15) is 29.4 Å². The number of carbonyl (C=O) groups excluding carboxylic acids is 3. The summed E-state index contributed by atoms with van der Waals surface area (Å²) < 4.78 is 4.98. The Morgan fingerprint density at radius 1 is 1.21 bits per heavy atom. The number of hydrogen-bond donors (Lipinski definition) is 3. The lowest BCUT2D eigenvalue weighted by atomic mass is 9.45. The van der Waals surface area contributed by atoms with Crippen LogP contribution in [0.25, 0.3) is 0 Å². The minimum absolute atomic E-state index is 0.00980. The Hall–Kier alpha value is -2.32. The van der Waals surface area contributed by atoms with E-state index in [1.807, 2.05) is 13.0 Å². The van der Waals surface area contributed by atoms with Crippen molar-refractivity contribution in [3.63, 3.8) is 0 Å². The van der Waals surface area contributed by atoms with Crippen LogP contribution >= 0.6 is 0 Å². The first-order valence-electron chi connectivity index (χ1n) is 12.1. The number of aliphatic hydroxyl groups is 2. The molecule has 8 nitrogen and oxygen atoms in total. The van der Waals surface area contributed by atoms with Gasteiger partial charge in [-0.25, -0.2) is 0 Å². The number of rotatable bonds is 6. The molecule has 3 saturated carbocycles. The number of esters is 1. The predicted octanol–water partition coefficient (Wildman–Crippen LogP) is 2.22. The number of carboxylic acids is 1. The smallest absolute Gasteiger partial charge is 0.306 e. The van der Waals surface area contributed by atoms with Gasteiger partial charge in [0.05, 0.1) is 18.9 Å². The molecule has 0 unspecified atom stereocenters. The molecule has 0 heterocycles. The second kappa shape index (κ2) is 8.41. The molecule has 3 N–H and O–H groups in total. The number of hydrogen-bond acceptors (Lipinski definition) is 7. The Balaban J connectivity index is 1.56. The fourth-order valence-electron chi connectivity index (χ4n) is 7.76. The maximum atomic E-state index is 13.1. The molecule has 0 aromatic carbocycles. The van der Waals surface area contributed by atoms with E-state index in [-0.39, 0.29) is 55.1 Å². The van der Waals surface area contributed by atoms with Gasteiger partial charge in [-0.15, -0.1) is 0 Å². The van der Waals surface area contributed by atoms with Gasteiger partial charge in [0, 0.05) is 16.7 Å². The van der Waals surface area contributed by atoms with Gasteiger partial charge in [-0.05, 0) is 55.6 Å². The number of carbonyl (C=O) groups is 4. The number of ketones is 2. The van der Waals surface area contributed by atoms with Crippen molar-refractivity contribution in [1.29, 1.82) is 0 Å². The van der Waals surface area contributed by atoms with Crippen LogP contribution < -0.4 is 0 Å². The van der Waals surface area contributed by atoms with Crippen LogP contribution in [0.2, 0.25) is 0 Å². The number of aliphatic carboxylic acids is 1. The summed E-state index contributed by atoms with van der Waals surface area (Å²) in [4.78, 5) is 47.7. The van der Waals surface area contributed by atoms with E-state index >= 15 is 0 Å². The molecule has 0 spiro atoms. The molecule has 4 aliphatic carbocycles. The first kappa shape index (κ1) is 24.8. The lowest BCUT2D eigenvalue weighted by Gasteiger charge is -2.60. The minimum Gasteiger partial charge on any atom is -0.481 e. The highest BCUT2D eigenvalue weighted by molar-refractivity contribution is 6.01. The molecule has 34 heavy (non-hydrogen) atoms. The Morgan fingerprint density at radius 3 is 2.59 bits per heavy atom. The van der Waals surface area contributed by atoms with E-state index in [4.69, 9.17) is 9.84 Å². The van der Waals surface area contributed by atoms with E-state index in [0.29, 0.717) is 6.42 Å². The van der Waals surface area contributed by atoms with Crippen molar-refractivity contribution in [3.05, 3.63) is 23.8 Å². The quantitative estimate of drug-likeness (QED) is 0.498. The zero-order valence-corrected chi connectivity index (χ0v) is 20.0. The summed E-state index contributed by atoms with van der Waals surface area (Å²) in [6.45, 7) is 5.40. The molecule has 0 saturated heterocycles. The van der Waals surface area contributed by atoms with Crippen molar-refractivity contribution in [2.45, 2.75) is 71.0 Å². The van der Waals surface area contributed by atoms with Gasteiger partial charge in [-0.1, -0.05) is 32.4 Å². The van der Waals surface area contributed by atoms with Crippen molar-refractivity contribution in [1.82, 2.24) is 0 Å². The molecular weight excluding hydrogens is 440 g/mol. The molecule has 0 aliphatic heterocycles. The van der Waals surface area contributed by atoms with E-state index in [1.165, 1.54) is 0 Å². The van der Waals surface area contributed by atoms with Crippen molar-refractivity contribution < 1.29 is 39.2 Å². The normalized spacial score (nSPS) is 42.8. The Morgan fingerprint density at radius 2 is 1.91 bits per heavy atom. The van der Waals surface area contributed by atoms with Crippen molar-refractivity contribution in [2.24, 2.45) is 34.5 Å². The number of fused-ring (bicyclic) bond motifs is 5. The summed E-state index contributed by atoms with van der Waals surface area (Å²) >= 11 is 0. The molecule has 3 fully saturated rings. The fourth-order valence-corrected chi connectivity index (χ4v) is 7.76. The molecule has 186 valence electrons. The number of carboxylic acid groups (broad SMARTS) is 1. The highest BCUT2D eigenvalue weighted by Crippen LogP contribution is 2.67. The first-order valence-corrected chi connectivity index (χ1v) is 12.1. The van der Waals surface area contributed by atoms with Crippen molar-refractivity contribution in [3.8, 4) is 0 Å². The molecule has 0 aromatic heterocycles. The van der Waals surface area contributed by atoms with E-state index < -0.39 is 46.9 Å². The lowest BCUT2D eigenvalue weighted by molar-refractivity contribution is -0.182. The van der Waals surface area contributed by atoms with Crippen LogP contribution in [0.5, 0.6) is 0 Å². The zero-order chi connectivity index (χ0) is 25.1. The fraction of sp³-hybridized carbons (Fsp3) is 0.692. The third-order valence-corrected chi connectivity index (χ3v) is 9.34. The molecule has 8 atom stereocenters. The second-order valence-electron chi connectivity index (χ2n) is 11.1. The number of allylic oxidation sites excluding steroid dienone is 4. The SMILES string of the molecule is C[C@H]1C[C@H]2[C@@H]([C@@H](O)C[C@]3(C)[C@@H]2CC[C@@]3(O)C(=O)COC(=O)CCC(=O)O)[C@@]2(C)C=CC(=O)C=C12. The average molecular weight is 475 g/mol. The van der Waals surface area contributed by atoms with Gasteiger partial charge in [-0.3, -0.25) is 19.2 Å². The lowest BCUT2D eigenvalue weighted by Crippen LogP contribution is -2.62. The monoisotopic (exact) mass is 474 g/mol. The van der Waals surface area contributed by atoms with Gasteiger partial charge in [0.2, 0.25) is 5.78 Å². The summed E-state index contributed by atoms with van der Waals surface area (Å²) in [6, 6.07) is 0.